The number of rotatable bonds is 7. The zero-order valence-electron chi connectivity index (χ0n) is 16.0. The molecule has 6 heteroatoms. The molecule has 4 nitrogen and oxygen atoms in total. The highest BCUT2D eigenvalue weighted by atomic mass is 79.9. The molecule has 0 saturated carbocycles. The standard InChI is InChI=1S/C23H21BrFN3O/c1-2-22(29-19-9-7-18(25)8-10-19)28-23-26-20-11-6-16(14-21(20)27-23)12-15-4-3-5-17(24)13-15/h3-11,13-14,22H,2,12H2,1H3,(H2,26,27,28). The molecule has 4 aromatic rings. The van der Waals surface area contributed by atoms with Crippen LogP contribution in [0.5, 0.6) is 5.75 Å². The number of aromatic nitrogens is 2. The summed E-state index contributed by atoms with van der Waals surface area (Å²) in [5.74, 6) is 0.973. The summed E-state index contributed by atoms with van der Waals surface area (Å²) in [5.41, 5.74) is 4.31. The molecule has 4 rings (SSSR count). The Balaban J connectivity index is 1.48. The minimum Gasteiger partial charge on any atom is -0.471 e. The summed E-state index contributed by atoms with van der Waals surface area (Å²) in [7, 11) is 0. The van der Waals surface area contributed by atoms with Gasteiger partial charge >= 0.3 is 0 Å². The van der Waals surface area contributed by atoms with E-state index in [9.17, 15) is 4.39 Å². The summed E-state index contributed by atoms with van der Waals surface area (Å²) in [6.07, 6.45) is 1.30. The van der Waals surface area contributed by atoms with E-state index >= 15 is 0 Å². The molecule has 2 N–H and O–H groups in total. The number of halogens is 2. The average molecular weight is 454 g/mol. The van der Waals surface area contributed by atoms with E-state index in [1.807, 2.05) is 25.1 Å². The molecule has 0 spiro atoms. The zero-order chi connectivity index (χ0) is 20.2. The number of nitrogens with one attached hydrogen (secondary N) is 2. The molecule has 0 saturated heterocycles. The summed E-state index contributed by atoms with van der Waals surface area (Å²) in [4.78, 5) is 7.93. The highest BCUT2D eigenvalue weighted by Crippen LogP contribution is 2.21. The molecule has 1 heterocycles. The zero-order valence-corrected chi connectivity index (χ0v) is 17.5. The summed E-state index contributed by atoms with van der Waals surface area (Å²) in [5, 5.41) is 3.27. The minimum atomic E-state index is -0.283. The van der Waals surface area contributed by atoms with Crippen LogP contribution in [0, 0.1) is 5.82 Å². The van der Waals surface area contributed by atoms with E-state index in [0.29, 0.717) is 11.7 Å². The van der Waals surface area contributed by atoms with Crippen molar-refractivity contribution in [3.05, 3.63) is 88.1 Å². The molecule has 0 bridgehead atoms. The first-order valence-electron chi connectivity index (χ1n) is 9.51. The van der Waals surface area contributed by atoms with E-state index in [-0.39, 0.29) is 12.0 Å². The van der Waals surface area contributed by atoms with Gasteiger partial charge < -0.3 is 15.0 Å². The third-order valence-corrected chi connectivity index (χ3v) is 5.10. The fourth-order valence-electron chi connectivity index (χ4n) is 3.16. The van der Waals surface area contributed by atoms with Crippen molar-refractivity contribution in [2.24, 2.45) is 0 Å². The minimum absolute atomic E-state index is 0.276. The van der Waals surface area contributed by atoms with Crippen molar-refractivity contribution in [2.75, 3.05) is 5.32 Å². The van der Waals surface area contributed by atoms with Gasteiger partial charge in [-0.1, -0.05) is 41.1 Å². The van der Waals surface area contributed by atoms with Crippen LogP contribution in [0.3, 0.4) is 0 Å². The number of anilines is 1. The van der Waals surface area contributed by atoms with Gasteiger partial charge in [-0.3, -0.25) is 0 Å². The normalized spacial score (nSPS) is 12.1. The van der Waals surface area contributed by atoms with E-state index in [4.69, 9.17) is 4.74 Å². The van der Waals surface area contributed by atoms with Gasteiger partial charge in [-0.15, -0.1) is 0 Å². The van der Waals surface area contributed by atoms with Gasteiger partial charge in [0.05, 0.1) is 11.0 Å². The summed E-state index contributed by atoms with van der Waals surface area (Å²) < 4.78 is 20.0. The average Bonchev–Trinajstić information content (AvgIpc) is 3.11. The molecule has 1 unspecified atom stereocenters. The number of imidazole rings is 1. The maximum absolute atomic E-state index is 13.1. The lowest BCUT2D eigenvalue weighted by Crippen LogP contribution is -2.26. The van der Waals surface area contributed by atoms with Gasteiger partial charge in [-0.05, 0) is 66.1 Å². The van der Waals surface area contributed by atoms with Crippen LogP contribution in [0.15, 0.2) is 71.2 Å². The Morgan fingerprint density at radius 1 is 1.07 bits per heavy atom. The number of hydrogen-bond donors (Lipinski definition) is 2. The van der Waals surface area contributed by atoms with Crippen LogP contribution in [0.1, 0.15) is 24.5 Å². The van der Waals surface area contributed by atoms with Gasteiger partial charge in [0.15, 0.2) is 6.23 Å². The van der Waals surface area contributed by atoms with Crippen LogP contribution >= 0.6 is 15.9 Å². The Hall–Kier alpha value is -2.86. The Bertz CT molecular complexity index is 1110. The van der Waals surface area contributed by atoms with Gasteiger partial charge in [-0.2, -0.15) is 0 Å². The molecule has 0 radical (unpaired) electrons. The fourth-order valence-corrected chi connectivity index (χ4v) is 3.61. The van der Waals surface area contributed by atoms with E-state index in [2.05, 4.69) is 55.5 Å². The molecule has 0 aliphatic carbocycles. The number of benzene rings is 3. The van der Waals surface area contributed by atoms with Gasteiger partial charge in [0, 0.05) is 10.9 Å². The van der Waals surface area contributed by atoms with Crippen molar-refractivity contribution < 1.29 is 9.13 Å². The van der Waals surface area contributed by atoms with Crippen LogP contribution in [0.25, 0.3) is 11.0 Å². The first-order valence-corrected chi connectivity index (χ1v) is 10.3. The number of nitrogens with zero attached hydrogens (tertiary/aromatic N) is 1. The Labute approximate surface area is 177 Å². The van der Waals surface area contributed by atoms with Crippen LogP contribution in [0.2, 0.25) is 0 Å². The Kier molecular flexibility index (Phi) is 5.81. The van der Waals surface area contributed by atoms with Crippen LogP contribution in [-0.4, -0.2) is 16.2 Å². The highest BCUT2D eigenvalue weighted by molar-refractivity contribution is 9.10. The lowest BCUT2D eigenvalue weighted by molar-refractivity contribution is 0.224. The largest absolute Gasteiger partial charge is 0.471 e. The Morgan fingerprint density at radius 2 is 1.86 bits per heavy atom. The van der Waals surface area contributed by atoms with Crippen molar-refractivity contribution in [1.82, 2.24) is 9.97 Å². The number of H-pyrrole nitrogens is 1. The smallest absolute Gasteiger partial charge is 0.204 e. The lowest BCUT2D eigenvalue weighted by atomic mass is 10.0. The molecular formula is C23H21BrFN3O. The van der Waals surface area contributed by atoms with Gasteiger partial charge in [0.1, 0.15) is 11.6 Å². The van der Waals surface area contributed by atoms with E-state index < -0.39 is 0 Å². The van der Waals surface area contributed by atoms with Crippen LogP contribution in [0.4, 0.5) is 10.3 Å². The SMILES string of the molecule is CCC(Nc1nc2ccc(Cc3cccc(Br)c3)cc2[nH]1)Oc1ccc(F)cc1. The number of fused-ring (bicyclic) bond motifs is 1. The molecule has 3 aromatic carbocycles. The molecular weight excluding hydrogens is 433 g/mol. The van der Waals surface area contributed by atoms with Gasteiger partial charge in [0.25, 0.3) is 0 Å². The first kappa shape index (κ1) is 19.5. The third kappa shape index (κ3) is 4.95. The molecule has 1 atom stereocenters. The van der Waals surface area contributed by atoms with E-state index in [0.717, 1.165) is 28.3 Å². The molecule has 148 valence electrons. The predicted molar refractivity (Wildman–Crippen MR) is 118 cm³/mol. The lowest BCUT2D eigenvalue weighted by Gasteiger charge is -2.18. The number of ether oxygens (including phenoxy) is 1. The molecule has 0 amide bonds. The summed E-state index contributed by atoms with van der Waals surface area (Å²) in [6, 6.07) is 20.6. The maximum Gasteiger partial charge on any atom is 0.204 e. The van der Waals surface area contributed by atoms with Crippen molar-refractivity contribution >= 4 is 32.9 Å². The molecule has 1 aromatic heterocycles. The third-order valence-electron chi connectivity index (χ3n) is 4.60. The van der Waals surface area contributed by atoms with Crippen LogP contribution in [-0.2, 0) is 6.42 Å². The van der Waals surface area contributed by atoms with Crippen molar-refractivity contribution in [2.45, 2.75) is 26.0 Å². The number of aromatic amines is 1. The fraction of sp³-hybridized carbons (Fsp3) is 0.174. The van der Waals surface area contributed by atoms with Crippen molar-refractivity contribution in [3.63, 3.8) is 0 Å². The van der Waals surface area contributed by atoms with Gasteiger partial charge in [0.2, 0.25) is 5.95 Å². The highest BCUT2D eigenvalue weighted by Gasteiger charge is 2.11. The first-order chi connectivity index (χ1) is 14.1. The van der Waals surface area contributed by atoms with Gasteiger partial charge in [-0.25, -0.2) is 9.37 Å². The predicted octanol–water partition coefficient (Wildman–Crippen LogP) is 6.28. The Morgan fingerprint density at radius 3 is 2.62 bits per heavy atom. The molecule has 0 fully saturated rings. The molecule has 29 heavy (non-hydrogen) atoms. The summed E-state index contributed by atoms with van der Waals surface area (Å²) in [6.45, 7) is 2.01. The summed E-state index contributed by atoms with van der Waals surface area (Å²) >= 11 is 3.52. The topological polar surface area (TPSA) is 49.9 Å². The monoisotopic (exact) mass is 453 g/mol. The molecule has 0 aliphatic heterocycles. The second-order valence-electron chi connectivity index (χ2n) is 6.86. The second-order valence-corrected chi connectivity index (χ2v) is 7.77. The molecule has 0 aliphatic rings. The number of hydrogen-bond acceptors (Lipinski definition) is 3. The van der Waals surface area contributed by atoms with E-state index in [1.54, 1.807) is 12.1 Å². The quantitative estimate of drug-likeness (QED) is 0.323. The van der Waals surface area contributed by atoms with Crippen molar-refractivity contribution in [1.29, 1.82) is 0 Å². The second kappa shape index (κ2) is 8.66. The van der Waals surface area contributed by atoms with E-state index in [1.165, 1.54) is 23.3 Å². The maximum atomic E-state index is 13.1. The van der Waals surface area contributed by atoms with Crippen LogP contribution < -0.4 is 10.1 Å². The van der Waals surface area contributed by atoms with Crippen molar-refractivity contribution in [3.8, 4) is 5.75 Å².